The molecule has 2 heteroatoms. The molecule has 2 nitrogen and oxygen atoms in total. The van der Waals surface area contributed by atoms with E-state index >= 15 is 0 Å². The van der Waals surface area contributed by atoms with Gasteiger partial charge in [-0.05, 0) is 103 Å². The first-order valence-electron chi connectivity index (χ1n) is 20.4. The van der Waals surface area contributed by atoms with Gasteiger partial charge in [-0.3, -0.25) is 0 Å². The van der Waals surface area contributed by atoms with Gasteiger partial charge in [-0.25, -0.2) is 0 Å². The van der Waals surface area contributed by atoms with E-state index in [0.29, 0.717) is 0 Å². The summed E-state index contributed by atoms with van der Waals surface area (Å²) < 4.78 is 6.82. The van der Waals surface area contributed by atoms with Crippen LogP contribution in [-0.2, 0) is 10.8 Å². The van der Waals surface area contributed by atoms with Crippen LogP contribution >= 0.6 is 0 Å². The van der Waals surface area contributed by atoms with E-state index in [1.807, 2.05) is 0 Å². The highest BCUT2D eigenvalue weighted by atomic mass is 16.3. The van der Waals surface area contributed by atoms with Crippen molar-refractivity contribution in [1.29, 1.82) is 0 Å². The van der Waals surface area contributed by atoms with E-state index in [2.05, 4.69) is 207 Å². The number of rotatable bonds is 3. The summed E-state index contributed by atoms with van der Waals surface area (Å²) in [6, 6.07) is 69.8. The van der Waals surface area contributed by atoms with Crippen molar-refractivity contribution in [3.8, 4) is 33.4 Å². The second-order valence-corrected chi connectivity index (χ2v) is 16.7. The number of hydrogen-bond donors (Lipinski definition) is 0. The third-order valence-electron chi connectivity index (χ3n) is 13.7. The van der Waals surface area contributed by atoms with E-state index in [1.165, 1.54) is 83.2 Å². The summed E-state index contributed by atoms with van der Waals surface area (Å²) in [5.41, 5.74) is 20.3. The molecule has 3 aliphatic carbocycles. The highest BCUT2D eigenvalue weighted by Crippen LogP contribution is 2.65. The molecular weight excluding hydrogens is 703 g/mol. The van der Waals surface area contributed by atoms with Crippen LogP contribution in [0.1, 0.15) is 47.2 Å². The monoisotopic (exact) mass is 739 g/mol. The first-order valence-corrected chi connectivity index (χ1v) is 20.4. The molecule has 0 bridgehead atoms. The molecular formula is C56H37NO. The lowest BCUT2D eigenvalue weighted by Gasteiger charge is -2.33. The predicted octanol–water partition coefficient (Wildman–Crippen LogP) is 14.9. The van der Waals surface area contributed by atoms with Crippen LogP contribution in [0, 0.1) is 0 Å². The molecule has 0 saturated carbocycles. The van der Waals surface area contributed by atoms with Gasteiger partial charge in [-0.1, -0.05) is 166 Å². The van der Waals surface area contributed by atoms with Crippen molar-refractivity contribution in [1.82, 2.24) is 0 Å². The third kappa shape index (κ3) is 3.88. The molecule has 272 valence electrons. The van der Waals surface area contributed by atoms with Gasteiger partial charge in [0.15, 0.2) is 0 Å². The molecule has 10 aromatic rings. The Labute approximate surface area is 337 Å². The van der Waals surface area contributed by atoms with Gasteiger partial charge in [0.05, 0.1) is 11.1 Å². The first kappa shape index (κ1) is 32.0. The van der Waals surface area contributed by atoms with Gasteiger partial charge in [-0.15, -0.1) is 0 Å². The van der Waals surface area contributed by atoms with Crippen LogP contribution in [-0.4, -0.2) is 0 Å². The molecule has 9 aromatic carbocycles. The van der Waals surface area contributed by atoms with Crippen LogP contribution in [0.2, 0.25) is 0 Å². The van der Waals surface area contributed by atoms with Crippen molar-refractivity contribution < 1.29 is 4.42 Å². The number of fused-ring (bicyclic) bond motifs is 19. The van der Waals surface area contributed by atoms with E-state index in [-0.39, 0.29) is 5.41 Å². The lowest BCUT2D eigenvalue weighted by atomic mass is 9.70. The zero-order chi connectivity index (χ0) is 38.3. The Morgan fingerprint density at radius 3 is 1.78 bits per heavy atom. The summed E-state index contributed by atoms with van der Waals surface area (Å²) in [6.07, 6.45) is 0. The lowest BCUT2D eigenvalue weighted by molar-refractivity contribution is 0.661. The lowest BCUT2D eigenvalue weighted by Crippen LogP contribution is -2.26. The van der Waals surface area contributed by atoms with Crippen LogP contribution in [0.4, 0.5) is 17.1 Å². The second-order valence-electron chi connectivity index (χ2n) is 16.7. The van der Waals surface area contributed by atoms with Gasteiger partial charge < -0.3 is 9.32 Å². The fourth-order valence-electron chi connectivity index (χ4n) is 11.2. The van der Waals surface area contributed by atoms with Gasteiger partial charge in [0, 0.05) is 38.5 Å². The summed E-state index contributed by atoms with van der Waals surface area (Å²) in [6.45, 7) is 4.76. The average molecular weight is 740 g/mol. The summed E-state index contributed by atoms with van der Waals surface area (Å²) >= 11 is 0. The third-order valence-corrected chi connectivity index (χ3v) is 13.7. The van der Waals surface area contributed by atoms with Gasteiger partial charge in [0.1, 0.15) is 11.2 Å². The molecule has 1 unspecified atom stereocenters. The molecule has 13 rings (SSSR count). The van der Waals surface area contributed by atoms with Crippen molar-refractivity contribution in [2.45, 2.75) is 24.7 Å². The van der Waals surface area contributed by atoms with Crippen molar-refractivity contribution in [3.05, 3.63) is 221 Å². The predicted molar refractivity (Wildman–Crippen MR) is 240 cm³/mol. The number of benzene rings is 9. The largest absolute Gasteiger partial charge is 0.455 e. The highest BCUT2D eigenvalue weighted by Gasteiger charge is 2.52. The Morgan fingerprint density at radius 2 is 0.983 bits per heavy atom. The van der Waals surface area contributed by atoms with E-state index in [9.17, 15) is 0 Å². The smallest absolute Gasteiger partial charge is 0.143 e. The fourth-order valence-corrected chi connectivity index (χ4v) is 11.2. The van der Waals surface area contributed by atoms with Crippen LogP contribution in [0.3, 0.4) is 0 Å². The molecule has 0 fully saturated rings. The highest BCUT2D eigenvalue weighted by molar-refractivity contribution is 6.14. The Balaban J connectivity index is 1.12. The minimum Gasteiger partial charge on any atom is -0.455 e. The Kier molecular flexibility index (Phi) is 6.20. The number of furan rings is 1. The number of anilines is 3. The average Bonchev–Trinajstić information content (AvgIpc) is 3.96. The molecule has 1 atom stereocenters. The molecule has 1 aromatic heterocycles. The number of hydrogen-bond acceptors (Lipinski definition) is 2. The molecule has 1 spiro atoms. The SMILES string of the molecule is CC1(C)c2ccccc2-c2c1cc(N(c1ccccc1)c1ccc3c(c1)C1(c4ccccc4-3)c3ccccc3-c3c1ccc1c3oc3ccccc31)c1ccccc21. The minimum absolute atomic E-state index is 0.157. The fraction of sp³-hybridized carbons (Fsp3) is 0.0714. The summed E-state index contributed by atoms with van der Waals surface area (Å²) in [5, 5.41) is 4.83. The standard InChI is InChI=1S/C56H37NO/c1-55(2)44-24-12-9-22-42(44)52-40-21-7-6-19-38(40)50(33-49(52)55)57(34-16-4-3-5-17-34)35-28-29-37-36-18-8-13-25-45(36)56(48(37)32-35)46-26-14-10-23-43(46)53-47(56)31-30-41-39-20-11-15-27-51(39)58-54(41)53/h3-33H,1-2H3. The van der Waals surface area contributed by atoms with Gasteiger partial charge >= 0.3 is 0 Å². The van der Waals surface area contributed by atoms with Crippen molar-refractivity contribution in [2.24, 2.45) is 0 Å². The zero-order valence-electron chi connectivity index (χ0n) is 32.3. The van der Waals surface area contributed by atoms with Crippen LogP contribution in [0.15, 0.2) is 192 Å². The summed E-state index contributed by atoms with van der Waals surface area (Å²) in [7, 11) is 0. The van der Waals surface area contributed by atoms with Gasteiger partial charge in [0.25, 0.3) is 0 Å². The van der Waals surface area contributed by atoms with Crippen LogP contribution in [0.25, 0.3) is 66.1 Å². The maximum absolute atomic E-state index is 6.82. The Bertz CT molecular complexity index is 3390. The second kappa shape index (κ2) is 11.2. The molecule has 0 aliphatic heterocycles. The maximum Gasteiger partial charge on any atom is 0.143 e. The van der Waals surface area contributed by atoms with Crippen LogP contribution < -0.4 is 4.90 Å². The zero-order valence-corrected chi connectivity index (χ0v) is 32.3. The van der Waals surface area contributed by atoms with E-state index in [1.54, 1.807) is 0 Å². The van der Waals surface area contributed by atoms with Crippen molar-refractivity contribution in [2.75, 3.05) is 4.90 Å². The first-order chi connectivity index (χ1) is 28.5. The molecule has 0 N–H and O–H groups in total. The quantitative estimate of drug-likeness (QED) is 0.179. The normalized spacial score (nSPS) is 16.3. The van der Waals surface area contributed by atoms with E-state index in [0.717, 1.165) is 33.3 Å². The van der Waals surface area contributed by atoms with Gasteiger partial charge in [0.2, 0.25) is 0 Å². The number of nitrogens with zero attached hydrogens (tertiary/aromatic N) is 1. The molecule has 1 heterocycles. The summed E-state index contributed by atoms with van der Waals surface area (Å²) in [5.74, 6) is 0. The van der Waals surface area contributed by atoms with E-state index < -0.39 is 5.41 Å². The number of para-hydroxylation sites is 2. The summed E-state index contributed by atoms with van der Waals surface area (Å²) in [4.78, 5) is 2.50. The molecule has 0 saturated heterocycles. The Hall–Kier alpha value is -7.16. The topological polar surface area (TPSA) is 16.4 Å². The van der Waals surface area contributed by atoms with Crippen molar-refractivity contribution >= 4 is 49.8 Å². The van der Waals surface area contributed by atoms with Crippen molar-refractivity contribution in [3.63, 3.8) is 0 Å². The van der Waals surface area contributed by atoms with Crippen LogP contribution in [0.5, 0.6) is 0 Å². The molecule has 3 aliphatic rings. The van der Waals surface area contributed by atoms with E-state index in [4.69, 9.17) is 4.42 Å². The molecule has 0 radical (unpaired) electrons. The van der Waals surface area contributed by atoms with Gasteiger partial charge in [-0.2, -0.15) is 0 Å². The molecule has 0 amide bonds. The Morgan fingerprint density at radius 1 is 0.379 bits per heavy atom. The molecule has 58 heavy (non-hydrogen) atoms. The maximum atomic E-state index is 6.82. The minimum atomic E-state index is -0.535.